The maximum atomic E-state index is 14.1. The summed E-state index contributed by atoms with van der Waals surface area (Å²) in [6.45, 7) is 2.10. The number of hydrogen-bond acceptors (Lipinski definition) is 9. The van der Waals surface area contributed by atoms with Gasteiger partial charge in [-0.15, -0.1) is 0 Å². The summed E-state index contributed by atoms with van der Waals surface area (Å²) in [6.07, 6.45) is 6.11. The lowest BCUT2D eigenvalue weighted by atomic mass is 10.1. The van der Waals surface area contributed by atoms with Crippen molar-refractivity contribution in [3.05, 3.63) is 91.0 Å². The Labute approximate surface area is 302 Å². The highest BCUT2D eigenvalue weighted by molar-refractivity contribution is 7.90. The van der Waals surface area contributed by atoms with Gasteiger partial charge in [0.2, 0.25) is 11.8 Å². The number of nitrogens with one attached hydrogen (secondary N) is 3. The summed E-state index contributed by atoms with van der Waals surface area (Å²) in [5.41, 5.74) is 1.13. The van der Waals surface area contributed by atoms with Crippen LogP contribution < -0.4 is 24.8 Å². The molecule has 2 fully saturated rings. The minimum absolute atomic E-state index is 0.0503. The number of likely N-dealkylation sites (tertiary alicyclic amines) is 1. The average Bonchev–Trinajstić information content (AvgIpc) is 3.67. The fourth-order valence-corrected chi connectivity index (χ4v) is 8.31. The topological polar surface area (TPSA) is 156 Å². The van der Waals surface area contributed by atoms with Crippen LogP contribution in [-0.4, -0.2) is 73.9 Å². The van der Waals surface area contributed by atoms with Gasteiger partial charge in [0.1, 0.15) is 34.1 Å². The second-order valence-corrected chi connectivity index (χ2v) is 15.1. The van der Waals surface area contributed by atoms with E-state index in [2.05, 4.69) is 15.4 Å². The summed E-state index contributed by atoms with van der Waals surface area (Å²) in [5, 5.41) is 6.80. The molecule has 4 aromatic rings. The highest BCUT2D eigenvalue weighted by Gasteiger charge is 2.61. The van der Waals surface area contributed by atoms with Crippen LogP contribution in [0.5, 0.6) is 11.5 Å². The molecule has 1 saturated carbocycles. The zero-order valence-electron chi connectivity index (χ0n) is 29.0. The molecule has 3 amide bonds. The third-order valence-electron chi connectivity index (χ3n) is 9.96. The number of hydrogen-bond donors (Lipinski definition) is 3. The zero-order valence-corrected chi connectivity index (χ0v) is 29.8. The van der Waals surface area contributed by atoms with Crippen LogP contribution >= 0.6 is 0 Å². The molecular weight excluding hydrogens is 683 g/mol. The summed E-state index contributed by atoms with van der Waals surface area (Å²) in [7, 11) is -2.70. The molecule has 3 heterocycles. The Hall–Kier alpha value is -5.43. The van der Waals surface area contributed by atoms with E-state index in [0.29, 0.717) is 34.9 Å². The van der Waals surface area contributed by atoms with Crippen molar-refractivity contribution in [3.8, 4) is 22.8 Å². The van der Waals surface area contributed by atoms with Crippen LogP contribution in [0.25, 0.3) is 22.2 Å². The summed E-state index contributed by atoms with van der Waals surface area (Å²) in [6, 6.07) is 22.5. The second-order valence-electron chi connectivity index (χ2n) is 13.5. The van der Waals surface area contributed by atoms with Crippen molar-refractivity contribution >= 4 is 44.3 Å². The van der Waals surface area contributed by atoms with Crippen LogP contribution in [0.3, 0.4) is 0 Å². The third-order valence-corrected chi connectivity index (χ3v) is 11.4. The second kappa shape index (κ2) is 14.3. The summed E-state index contributed by atoms with van der Waals surface area (Å²) >= 11 is 0. The van der Waals surface area contributed by atoms with Gasteiger partial charge in [0.15, 0.2) is 0 Å². The molecule has 13 heteroatoms. The molecule has 0 unspecified atom stereocenters. The first kappa shape index (κ1) is 35.0. The number of anilines is 1. The Kier molecular flexibility index (Phi) is 9.62. The molecule has 1 aliphatic carbocycles. The van der Waals surface area contributed by atoms with E-state index in [1.54, 1.807) is 25.3 Å². The van der Waals surface area contributed by atoms with Crippen molar-refractivity contribution in [1.82, 2.24) is 19.9 Å². The lowest BCUT2D eigenvalue weighted by molar-refractivity contribution is -0.138. The lowest BCUT2D eigenvalue weighted by Gasteiger charge is -2.25. The monoisotopic (exact) mass is 723 g/mol. The molecule has 4 atom stereocenters. The number of ether oxygens (including phenoxy) is 2. The van der Waals surface area contributed by atoms with E-state index in [0.717, 1.165) is 30.2 Å². The van der Waals surface area contributed by atoms with Gasteiger partial charge in [-0.2, -0.15) is 0 Å². The van der Waals surface area contributed by atoms with Gasteiger partial charge >= 0.3 is 0 Å². The maximum Gasteiger partial charge on any atom is 0.266 e. The highest BCUT2D eigenvalue weighted by Crippen LogP contribution is 2.46. The number of allylic oxidation sites excluding steroid dienone is 1. The number of benzene rings is 3. The predicted octanol–water partition coefficient (Wildman–Crippen LogP) is 4.81. The average molecular weight is 724 g/mol. The number of amides is 3. The normalized spacial score (nSPS) is 24.6. The first-order valence-corrected chi connectivity index (χ1v) is 18.9. The molecule has 52 heavy (non-hydrogen) atoms. The smallest absolute Gasteiger partial charge is 0.266 e. The van der Waals surface area contributed by atoms with E-state index in [4.69, 9.17) is 14.5 Å². The number of carbonyl (C=O) groups excluding carboxylic acids is 3. The number of fused-ring (bicyclic) bond motifs is 3. The molecule has 2 aliphatic heterocycles. The van der Waals surface area contributed by atoms with E-state index < -0.39 is 45.4 Å². The van der Waals surface area contributed by atoms with E-state index in [1.165, 1.54) is 17.9 Å². The maximum absolute atomic E-state index is 14.1. The number of para-hydroxylation sites is 1. The van der Waals surface area contributed by atoms with Crippen molar-refractivity contribution in [1.29, 1.82) is 0 Å². The van der Waals surface area contributed by atoms with Crippen molar-refractivity contribution in [2.45, 2.75) is 61.6 Å². The molecule has 0 spiro atoms. The Morgan fingerprint density at radius 3 is 2.60 bits per heavy atom. The fourth-order valence-electron chi connectivity index (χ4n) is 7.09. The number of rotatable bonds is 6. The molecule has 3 aliphatic rings. The van der Waals surface area contributed by atoms with Crippen molar-refractivity contribution in [2.75, 3.05) is 25.5 Å². The van der Waals surface area contributed by atoms with Crippen molar-refractivity contribution < 1.29 is 32.3 Å². The van der Waals surface area contributed by atoms with Crippen LogP contribution in [0.4, 0.5) is 5.69 Å². The van der Waals surface area contributed by atoms with Crippen molar-refractivity contribution in [2.24, 2.45) is 5.92 Å². The van der Waals surface area contributed by atoms with Gasteiger partial charge in [0.05, 0.1) is 30.6 Å². The summed E-state index contributed by atoms with van der Waals surface area (Å²) < 4.78 is 41.3. The third kappa shape index (κ3) is 7.05. The van der Waals surface area contributed by atoms with E-state index in [-0.39, 0.29) is 30.2 Å². The molecule has 0 bridgehead atoms. The zero-order chi connectivity index (χ0) is 36.5. The number of methoxy groups -OCH3 is 1. The van der Waals surface area contributed by atoms with Gasteiger partial charge in [-0.25, -0.2) is 18.1 Å². The molecule has 3 N–H and O–H groups in total. The first-order valence-electron chi connectivity index (χ1n) is 17.4. The quantitative estimate of drug-likeness (QED) is 0.238. The molecule has 270 valence electrons. The Morgan fingerprint density at radius 1 is 1.02 bits per heavy atom. The van der Waals surface area contributed by atoms with Gasteiger partial charge in [0, 0.05) is 48.9 Å². The fraction of sp³-hybridized carbons (Fsp3) is 0.333. The van der Waals surface area contributed by atoms with Crippen LogP contribution in [0.15, 0.2) is 95.9 Å². The number of carbonyl (C=O) groups is 3. The number of pyridine rings is 1. The number of nitrogens with zero attached hydrogens (tertiary/aromatic N) is 2. The molecule has 1 saturated heterocycles. The minimum atomic E-state index is -4.29. The Bertz CT molecular complexity index is 2160. The Morgan fingerprint density at radius 2 is 1.81 bits per heavy atom. The van der Waals surface area contributed by atoms with Crippen molar-refractivity contribution in [3.63, 3.8) is 0 Å². The first-order chi connectivity index (χ1) is 25.1. The van der Waals surface area contributed by atoms with Crippen LogP contribution in [0, 0.1) is 5.92 Å². The summed E-state index contributed by atoms with van der Waals surface area (Å²) in [4.78, 5) is 47.2. The van der Waals surface area contributed by atoms with Crippen LogP contribution in [-0.2, 0) is 24.4 Å². The van der Waals surface area contributed by atoms with E-state index in [1.807, 2.05) is 66.7 Å². The van der Waals surface area contributed by atoms with Gasteiger partial charge in [-0.3, -0.25) is 14.4 Å². The van der Waals surface area contributed by atoms with Gasteiger partial charge < -0.3 is 25.0 Å². The van der Waals surface area contributed by atoms with Gasteiger partial charge in [-0.1, -0.05) is 54.6 Å². The van der Waals surface area contributed by atoms with E-state index >= 15 is 0 Å². The Balaban J connectivity index is 1.15. The van der Waals surface area contributed by atoms with Gasteiger partial charge in [-0.05, 0) is 49.9 Å². The largest absolute Gasteiger partial charge is 0.497 e. The lowest BCUT2D eigenvalue weighted by Crippen LogP contribution is -2.56. The number of aromatic nitrogens is 1. The molecular formula is C39H41N5O7S. The SMILES string of the molecule is COc1ccc2c(O[C@@H]3C[C@@H](C(=O)N[C@]45C[C@@H]4/C=C\CCCCNc4ccccc4S(=O)(=O)NC5=O)N(C(C)=O)C3)cc(-c3ccccc3)nc2c1. The molecule has 7 rings (SSSR count). The molecule has 12 nitrogen and oxygen atoms in total. The minimum Gasteiger partial charge on any atom is -0.497 e. The number of sulfonamides is 1. The van der Waals surface area contributed by atoms with Gasteiger partial charge in [0.25, 0.3) is 15.9 Å². The summed E-state index contributed by atoms with van der Waals surface area (Å²) in [5.74, 6) is -0.944. The standard InChI is InChI=1S/C39H41N5O7S/c1-25(45)44-24-29(51-35-22-32(26-12-6-5-7-13-26)41-33-20-28(50-2)17-18-30(33)35)21-34(44)37(46)42-39-23-27(39)14-8-3-4-11-19-40-31-15-9-10-16-36(31)52(48,49)43-38(39)47/h5-10,12-18,20,22,27,29,34,40H,3-4,11,19,21,23-24H2,1-2H3,(H,42,46)(H,43,47)/b14-8-/t27-,29+,34-,39+/m0/s1. The molecule has 1 aromatic heterocycles. The molecule has 0 radical (unpaired) electrons. The van der Waals surface area contributed by atoms with Crippen LogP contribution in [0.1, 0.15) is 39.0 Å². The molecule has 3 aromatic carbocycles. The van der Waals surface area contributed by atoms with E-state index in [9.17, 15) is 22.8 Å². The van der Waals surface area contributed by atoms with Crippen LogP contribution in [0.2, 0.25) is 0 Å². The predicted molar refractivity (Wildman–Crippen MR) is 196 cm³/mol. The highest BCUT2D eigenvalue weighted by atomic mass is 32.2.